The highest BCUT2D eigenvalue weighted by atomic mass is 16.4. The van der Waals surface area contributed by atoms with E-state index in [-0.39, 0.29) is 35.5 Å². The van der Waals surface area contributed by atoms with Gasteiger partial charge in [-0.3, -0.25) is 9.59 Å². The molecule has 4 rings (SSSR count). The van der Waals surface area contributed by atoms with Crippen LogP contribution < -0.4 is 5.32 Å². The predicted octanol–water partition coefficient (Wildman–Crippen LogP) is 3.59. The average Bonchev–Trinajstić information content (AvgIpc) is 3.09. The fourth-order valence-electron chi connectivity index (χ4n) is 9.00. The summed E-state index contributed by atoms with van der Waals surface area (Å²) in [7, 11) is 0. The molecule has 4 N–H and O–H groups in total. The molecule has 0 aliphatic heterocycles. The maximum Gasteiger partial charge on any atom is 0.322 e. The zero-order chi connectivity index (χ0) is 23.3. The summed E-state index contributed by atoms with van der Waals surface area (Å²) in [5.74, 6) is 1.66. The van der Waals surface area contributed by atoms with Crippen LogP contribution in [0.3, 0.4) is 0 Å². The molecule has 4 fully saturated rings. The molecule has 4 aliphatic rings. The molecule has 1 amide bonds. The summed E-state index contributed by atoms with van der Waals surface area (Å²) < 4.78 is 0. The zero-order valence-corrected chi connectivity index (χ0v) is 20.1. The van der Waals surface area contributed by atoms with Crippen LogP contribution in [0.1, 0.15) is 85.0 Å². The van der Waals surface area contributed by atoms with Crippen LogP contribution in [0.25, 0.3) is 0 Å². The first-order chi connectivity index (χ1) is 15.1. The molecule has 0 heterocycles. The topological polar surface area (TPSA) is 107 Å². The Kier molecular flexibility index (Phi) is 6.68. The van der Waals surface area contributed by atoms with Crippen molar-refractivity contribution in [1.29, 1.82) is 0 Å². The van der Waals surface area contributed by atoms with Gasteiger partial charge in [0.05, 0.1) is 12.2 Å². The number of rotatable bonds is 6. The van der Waals surface area contributed by atoms with Crippen LogP contribution in [0.5, 0.6) is 0 Å². The van der Waals surface area contributed by atoms with Crippen LogP contribution in [0.4, 0.5) is 0 Å². The van der Waals surface area contributed by atoms with Crippen molar-refractivity contribution in [1.82, 2.24) is 5.32 Å². The number of carboxylic acids is 1. The monoisotopic (exact) mass is 449 g/mol. The van der Waals surface area contributed by atoms with Gasteiger partial charge < -0.3 is 20.6 Å². The van der Waals surface area contributed by atoms with Gasteiger partial charge in [0.25, 0.3) is 0 Å². The predicted molar refractivity (Wildman–Crippen MR) is 122 cm³/mol. The van der Waals surface area contributed by atoms with E-state index in [0.29, 0.717) is 41.9 Å². The van der Waals surface area contributed by atoms with E-state index in [0.717, 1.165) is 44.9 Å². The first-order valence-corrected chi connectivity index (χ1v) is 12.9. The van der Waals surface area contributed by atoms with Crippen molar-refractivity contribution in [3.63, 3.8) is 0 Å². The fourth-order valence-corrected chi connectivity index (χ4v) is 9.00. The number of aliphatic hydroxyl groups excluding tert-OH is 2. The van der Waals surface area contributed by atoms with Crippen molar-refractivity contribution in [2.75, 3.05) is 6.54 Å². The normalized spacial score (nSPS) is 46.5. The second kappa shape index (κ2) is 8.90. The molecule has 0 aromatic carbocycles. The summed E-state index contributed by atoms with van der Waals surface area (Å²) in [5.41, 5.74) is 0.451. The molecule has 6 nitrogen and oxygen atoms in total. The Morgan fingerprint density at radius 3 is 2.41 bits per heavy atom. The van der Waals surface area contributed by atoms with Gasteiger partial charge in [0.2, 0.25) is 5.91 Å². The van der Waals surface area contributed by atoms with Crippen molar-refractivity contribution in [3.05, 3.63) is 0 Å². The van der Waals surface area contributed by atoms with Crippen LogP contribution in [0.2, 0.25) is 0 Å². The first kappa shape index (κ1) is 24.0. The molecule has 0 spiro atoms. The lowest BCUT2D eigenvalue weighted by atomic mass is 9.43. The lowest BCUT2D eigenvalue weighted by Gasteiger charge is -2.62. The van der Waals surface area contributed by atoms with E-state index >= 15 is 0 Å². The maximum absolute atomic E-state index is 12.0. The number of hydrogen-bond acceptors (Lipinski definition) is 4. The van der Waals surface area contributed by atoms with Gasteiger partial charge in [0.1, 0.15) is 6.54 Å². The van der Waals surface area contributed by atoms with Gasteiger partial charge >= 0.3 is 5.97 Å². The summed E-state index contributed by atoms with van der Waals surface area (Å²) in [5, 5.41) is 32.8. The van der Waals surface area contributed by atoms with E-state index in [1.54, 1.807) is 0 Å². The molecule has 0 unspecified atom stereocenters. The SMILES string of the molecule is C[C@H](CCC(=O)NCC(=O)O)[C@H]1CC[C@H]2[C@@H]3[C@@H](O)C[C@H]4C[C@H](O)CC[C@]4(C)[C@H]3CC[C@]12C. The summed E-state index contributed by atoms with van der Waals surface area (Å²) in [6.45, 7) is 6.83. The van der Waals surface area contributed by atoms with Gasteiger partial charge in [-0.15, -0.1) is 0 Å². The Labute approximate surface area is 192 Å². The average molecular weight is 450 g/mol. The van der Waals surface area contributed by atoms with Crippen LogP contribution in [0.15, 0.2) is 0 Å². The number of carboxylic acid groups (broad SMARTS) is 1. The smallest absolute Gasteiger partial charge is 0.322 e. The Morgan fingerprint density at radius 1 is 1.00 bits per heavy atom. The van der Waals surface area contributed by atoms with E-state index in [1.165, 1.54) is 12.8 Å². The van der Waals surface area contributed by atoms with Gasteiger partial charge in [-0.25, -0.2) is 0 Å². The standard InChI is InChI=1S/C26H43NO5/c1-15(4-7-22(30)27-14-23(31)32)18-5-6-19-24-20(9-11-26(18,19)3)25(2)10-8-17(28)12-16(25)13-21(24)29/h15-21,24,28-29H,4-14H2,1-3H3,(H,27,30)(H,31,32)/t15-,16-,17-,18-,19+,20+,21+,24+,25+,26-/m1/s1. The maximum atomic E-state index is 12.0. The molecule has 10 atom stereocenters. The quantitative estimate of drug-likeness (QED) is 0.496. The van der Waals surface area contributed by atoms with Crippen molar-refractivity contribution in [2.45, 2.75) is 97.2 Å². The molecule has 4 saturated carbocycles. The van der Waals surface area contributed by atoms with Gasteiger partial charge in [-0.1, -0.05) is 20.8 Å². The Balaban J connectivity index is 1.44. The van der Waals surface area contributed by atoms with Crippen molar-refractivity contribution < 1.29 is 24.9 Å². The largest absolute Gasteiger partial charge is 0.480 e. The highest BCUT2D eigenvalue weighted by molar-refractivity contribution is 5.81. The van der Waals surface area contributed by atoms with Crippen molar-refractivity contribution in [3.8, 4) is 0 Å². The minimum Gasteiger partial charge on any atom is -0.480 e. The molecule has 0 aromatic rings. The summed E-state index contributed by atoms with van der Waals surface area (Å²) in [6, 6.07) is 0. The highest BCUT2D eigenvalue weighted by Crippen LogP contribution is 2.68. The molecule has 0 radical (unpaired) electrons. The molecule has 4 aliphatic carbocycles. The van der Waals surface area contributed by atoms with E-state index in [2.05, 4.69) is 26.1 Å². The lowest BCUT2D eigenvalue weighted by molar-refractivity contribution is -0.174. The Bertz CT molecular complexity index is 727. The summed E-state index contributed by atoms with van der Waals surface area (Å²) >= 11 is 0. The van der Waals surface area contributed by atoms with Crippen LogP contribution in [-0.4, -0.2) is 45.9 Å². The molecule has 0 saturated heterocycles. The summed E-state index contributed by atoms with van der Waals surface area (Å²) in [4.78, 5) is 22.7. The number of aliphatic hydroxyl groups is 2. The van der Waals surface area contributed by atoms with Crippen LogP contribution in [-0.2, 0) is 9.59 Å². The molecule has 182 valence electrons. The number of carbonyl (C=O) groups excluding carboxylic acids is 1. The number of aliphatic carboxylic acids is 1. The zero-order valence-electron chi connectivity index (χ0n) is 20.1. The molecule has 0 aromatic heterocycles. The van der Waals surface area contributed by atoms with E-state index in [4.69, 9.17) is 5.11 Å². The molecule has 6 heteroatoms. The molecule has 32 heavy (non-hydrogen) atoms. The number of hydrogen-bond donors (Lipinski definition) is 4. The minimum atomic E-state index is -1.01. The van der Waals surface area contributed by atoms with Crippen molar-refractivity contribution in [2.24, 2.45) is 46.3 Å². The fraction of sp³-hybridized carbons (Fsp3) is 0.923. The third-order valence-electron chi connectivity index (χ3n) is 10.7. The van der Waals surface area contributed by atoms with Gasteiger partial charge in [0, 0.05) is 6.42 Å². The van der Waals surface area contributed by atoms with Gasteiger partial charge in [-0.05, 0) is 104 Å². The number of amides is 1. The van der Waals surface area contributed by atoms with E-state index < -0.39 is 5.97 Å². The van der Waals surface area contributed by atoms with Gasteiger partial charge in [0.15, 0.2) is 0 Å². The van der Waals surface area contributed by atoms with Crippen LogP contribution >= 0.6 is 0 Å². The van der Waals surface area contributed by atoms with Crippen molar-refractivity contribution >= 4 is 11.9 Å². The molecular formula is C26H43NO5. The second-order valence-electron chi connectivity index (χ2n) is 12.1. The van der Waals surface area contributed by atoms with Crippen LogP contribution in [0, 0.1) is 46.3 Å². The highest BCUT2D eigenvalue weighted by Gasteiger charge is 2.62. The third kappa shape index (κ3) is 4.11. The molecule has 0 bridgehead atoms. The second-order valence-corrected chi connectivity index (χ2v) is 12.1. The first-order valence-electron chi connectivity index (χ1n) is 12.9. The van der Waals surface area contributed by atoms with Gasteiger partial charge in [-0.2, -0.15) is 0 Å². The number of nitrogens with one attached hydrogen (secondary N) is 1. The number of carbonyl (C=O) groups is 2. The molecular weight excluding hydrogens is 406 g/mol. The van der Waals surface area contributed by atoms with E-state index in [9.17, 15) is 19.8 Å². The number of fused-ring (bicyclic) bond motifs is 5. The third-order valence-corrected chi connectivity index (χ3v) is 10.7. The summed E-state index contributed by atoms with van der Waals surface area (Å²) in [6.07, 6.45) is 9.06. The lowest BCUT2D eigenvalue weighted by Crippen LogP contribution is -2.58. The Hall–Kier alpha value is -1.14. The minimum absolute atomic E-state index is 0.177. The van der Waals surface area contributed by atoms with E-state index in [1.807, 2.05) is 0 Å². The Morgan fingerprint density at radius 2 is 1.69 bits per heavy atom.